The number of sulfonamides is 1. The van der Waals surface area contributed by atoms with Gasteiger partial charge in [-0.2, -0.15) is 0 Å². The smallest absolute Gasteiger partial charge is 0.291 e. The number of benzene rings is 2. The second kappa shape index (κ2) is 6.23. The van der Waals surface area contributed by atoms with Crippen LogP contribution in [0.25, 0.3) is 11.0 Å². The van der Waals surface area contributed by atoms with Gasteiger partial charge in [0.15, 0.2) is 5.76 Å². The van der Waals surface area contributed by atoms with Gasteiger partial charge in [0.25, 0.3) is 5.91 Å². The molecule has 0 aliphatic carbocycles. The number of fused-ring (bicyclic) bond motifs is 1. The lowest BCUT2D eigenvalue weighted by atomic mass is 10.1. The third kappa shape index (κ3) is 3.21. The Hall–Kier alpha value is -2.84. The topological polar surface area (TPSA) is 112 Å². The van der Waals surface area contributed by atoms with E-state index in [2.05, 4.69) is 5.32 Å². The fourth-order valence-corrected chi connectivity index (χ4v) is 3.07. The first-order valence-corrected chi connectivity index (χ1v) is 8.86. The Morgan fingerprint density at radius 1 is 1.20 bits per heavy atom. The molecule has 0 atom stereocenters. The van der Waals surface area contributed by atoms with Crippen LogP contribution in [-0.2, 0) is 10.0 Å². The Kier molecular flexibility index (Phi) is 4.23. The van der Waals surface area contributed by atoms with E-state index >= 15 is 0 Å². The lowest BCUT2D eigenvalue weighted by Gasteiger charge is -2.11. The first kappa shape index (κ1) is 17.0. The minimum absolute atomic E-state index is 0.134. The number of primary sulfonamides is 1. The molecular formula is C17H16N2O5S. The summed E-state index contributed by atoms with van der Waals surface area (Å²) in [6, 6.07) is 11.2. The van der Waals surface area contributed by atoms with Crippen molar-refractivity contribution < 1.29 is 22.4 Å². The van der Waals surface area contributed by atoms with Gasteiger partial charge in [-0.3, -0.25) is 4.79 Å². The number of carbonyl (C=O) groups excluding carboxylic acids is 1. The maximum absolute atomic E-state index is 12.6. The van der Waals surface area contributed by atoms with Crippen LogP contribution in [0.3, 0.4) is 0 Å². The molecule has 0 aliphatic rings. The number of amides is 1. The van der Waals surface area contributed by atoms with Crippen molar-refractivity contribution in [2.75, 3.05) is 12.4 Å². The average Bonchev–Trinajstić information content (AvgIpc) is 2.91. The number of ether oxygens (including phenoxy) is 1. The fourth-order valence-electron chi connectivity index (χ4n) is 2.53. The summed E-state index contributed by atoms with van der Waals surface area (Å²) in [5.74, 6) is -0.0719. The van der Waals surface area contributed by atoms with Crippen LogP contribution in [0.1, 0.15) is 16.1 Å². The van der Waals surface area contributed by atoms with Crippen LogP contribution in [-0.4, -0.2) is 21.4 Å². The van der Waals surface area contributed by atoms with Crippen LogP contribution in [0.15, 0.2) is 51.8 Å². The van der Waals surface area contributed by atoms with Gasteiger partial charge in [-0.15, -0.1) is 0 Å². The highest BCUT2D eigenvalue weighted by molar-refractivity contribution is 7.89. The van der Waals surface area contributed by atoms with E-state index in [1.807, 2.05) is 18.2 Å². The summed E-state index contributed by atoms with van der Waals surface area (Å²) >= 11 is 0. The molecule has 3 aromatic rings. The molecule has 0 saturated heterocycles. The van der Waals surface area contributed by atoms with Gasteiger partial charge < -0.3 is 14.5 Å². The van der Waals surface area contributed by atoms with Crippen LogP contribution < -0.4 is 15.2 Å². The monoisotopic (exact) mass is 360 g/mol. The molecule has 0 fully saturated rings. The molecule has 7 nitrogen and oxygen atoms in total. The predicted molar refractivity (Wildman–Crippen MR) is 93.3 cm³/mol. The molecule has 3 rings (SSSR count). The van der Waals surface area contributed by atoms with Gasteiger partial charge in [-0.25, -0.2) is 13.6 Å². The van der Waals surface area contributed by atoms with E-state index in [-0.39, 0.29) is 16.3 Å². The molecule has 0 unspecified atom stereocenters. The van der Waals surface area contributed by atoms with Crippen molar-refractivity contribution in [2.24, 2.45) is 5.14 Å². The normalized spacial score (nSPS) is 11.5. The molecule has 1 amide bonds. The van der Waals surface area contributed by atoms with Crippen LogP contribution >= 0.6 is 0 Å². The minimum Gasteiger partial charge on any atom is -0.495 e. The van der Waals surface area contributed by atoms with E-state index in [0.29, 0.717) is 16.9 Å². The zero-order valence-corrected chi connectivity index (χ0v) is 14.4. The molecule has 25 heavy (non-hydrogen) atoms. The summed E-state index contributed by atoms with van der Waals surface area (Å²) in [6.45, 7) is 1.78. The number of nitrogens with two attached hydrogens (primary N) is 1. The van der Waals surface area contributed by atoms with E-state index in [1.165, 1.54) is 25.3 Å². The summed E-state index contributed by atoms with van der Waals surface area (Å²) < 4.78 is 33.8. The Morgan fingerprint density at radius 2 is 1.92 bits per heavy atom. The van der Waals surface area contributed by atoms with Gasteiger partial charge in [-0.05, 0) is 31.2 Å². The number of rotatable bonds is 4. The second-order valence-corrected chi connectivity index (χ2v) is 6.97. The van der Waals surface area contributed by atoms with Crippen molar-refractivity contribution >= 4 is 32.6 Å². The summed E-state index contributed by atoms with van der Waals surface area (Å²) in [5.41, 5.74) is 1.46. The Bertz CT molecular complexity index is 1070. The summed E-state index contributed by atoms with van der Waals surface area (Å²) in [4.78, 5) is 12.5. The van der Waals surface area contributed by atoms with Gasteiger partial charge >= 0.3 is 0 Å². The maximum atomic E-state index is 12.6. The van der Waals surface area contributed by atoms with Crippen LogP contribution in [0.4, 0.5) is 5.69 Å². The van der Waals surface area contributed by atoms with E-state index in [4.69, 9.17) is 14.3 Å². The highest BCUT2D eigenvalue weighted by Crippen LogP contribution is 2.30. The quantitative estimate of drug-likeness (QED) is 0.743. The van der Waals surface area contributed by atoms with E-state index in [9.17, 15) is 13.2 Å². The summed E-state index contributed by atoms with van der Waals surface area (Å²) in [6.07, 6.45) is 0. The molecular weight excluding hydrogens is 344 g/mol. The van der Waals surface area contributed by atoms with E-state index in [1.54, 1.807) is 13.0 Å². The van der Waals surface area contributed by atoms with Crippen molar-refractivity contribution in [2.45, 2.75) is 11.8 Å². The molecule has 0 bridgehead atoms. The molecule has 0 spiro atoms. The number of para-hydroxylation sites is 1. The molecule has 3 N–H and O–H groups in total. The summed E-state index contributed by atoms with van der Waals surface area (Å²) in [5, 5.41) is 8.58. The highest BCUT2D eigenvalue weighted by Gasteiger charge is 2.20. The SMILES string of the molecule is COc1ccc(S(N)(=O)=O)cc1NC(=O)c1oc2ccccc2c1C. The van der Waals surface area contributed by atoms with Crippen molar-refractivity contribution in [3.8, 4) is 5.75 Å². The number of carbonyl (C=O) groups is 1. The number of hydrogen-bond donors (Lipinski definition) is 2. The third-order valence-electron chi connectivity index (χ3n) is 3.80. The van der Waals surface area contributed by atoms with Gasteiger partial charge in [0.2, 0.25) is 10.0 Å². The predicted octanol–water partition coefficient (Wildman–Crippen LogP) is 2.65. The Morgan fingerprint density at radius 3 is 2.56 bits per heavy atom. The zero-order valence-electron chi connectivity index (χ0n) is 13.6. The standard InChI is InChI=1S/C17H16N2O5S/c1-10-12-5-3-4-6-14(12)24-16(10)17(20)19-13-9-11(25(18,21)22)7-8-15(13)23-2/h3-9H,1-2H3,(H,19,20)(H2,18,21,22). The molecule has 0 aliphatic heterocycles. The lowest BCUT2D eigenvalue weighted by Crippen LogP contribution is -2.15. The molecule has 130 valence electrons. The van der Waals surface area contributed by atoms with Crippen molar-refractivity contribution in [3.63, 3.8) is 0 Å². The first-order chi connectivity index (χ1) is 11.8. The zero-order chi connectivity index (χ0) is 18.2. The molecule has 1 aromatic heterocycles. The van der Waals surface area contributed by atoms with Crippen molar-refractivity contribution in [1.29, 1.82) is 0 Å². The van der Waals surface area contributed by atoms with E-state index < -0.39 is 15.9 Å². The molecule has 0 saturated carbocycles. The largest absolute Gasteiger partial charge is 0.495 e. The molecule has 8 heteroatoms. The third-order valence-corrected chi connectivity index (χ3v) is 4.71. The van der Waals surface area contributed by atoms with Crippen molar-refractivity contribution in [1.82, 2.24) is 0 Å². The molecule has 2 aromatic carbocycles. The number of anilines is 1. The van der Waals surface area contributed by atoms with Gasteiger partial charge in [0.05, 0.1) is 17.7 Å². The van der Waals surface area contributed by atoms with Crippen molar-refractivity contribution in [3.05, 3.63) is 53.8 Å². The van der Waals surface area contributed by atoms with Crippen LogP contribution in [0.5, 0.6) is 5.75 Å². The lowest BCUT2D eigenvalue weighted by molar-refractivity contribution is 0.0997. The highest BCUT2D eigenvalue weighted by atomic mass is 32.2. The van der Waals surface area contributed by atoms with Crippen LogP contribution in [0.2, 0.25) is 0 Å². The van der Waals surface area contributed by atoms with Gasteiger partial charge in [-0.1, -0.05) is 18.2 Å². The number of aryl methyl sites for hydroxylation is 1. The summed E-state index contributed by atoms with van der Waals surface area (Å²) in [7, 11) is -2.50. The van der Waals surface area contributed by atoms with Gasteiger partial charge in [0.1, 0.15) is 11.3 Å². The first-order valence-electron chi connectivity index (χ1n) is 7.31. The number of hydrogen-bond acceptors (Lipinski definition) is 5. The molecule has 1 heterocycles. The number of methoxy groups -OCH3 is 1. The Labute approximate surface area is 144 Å². The Balaban J connectivity index is 2.01. The van der Waals surface area contributed by atoms with Gasteiger partial charge in [0, 0.05) is 10.9 Å². The number of furan rings is 1. The minimum atomic E-state index is -3.91. The molecule has 0 radical (unpaired) electrons. The number of nitrogens with one attached hydrogen (secondary N) is 1. The average molecular weight is 360 g/mol. The second-order valence-electron chi connectivity index (χ2n) is 5.41. The van der Waals surface area contributed by atoms with E-state index in [0.717, 1.165) is 5.39 Å². The fraction of sp³-hybridized carbons (Fsp3) is 0.118. The maximum Gasteiger partial charge on any atom is 0.291 e. The van der Waals surface area contributed by atoms with Crippen LogP contribution in [0, 0.1) is 6.92 Å².